The highest BCUT2D eigenvalue weighted by atomic mass is 16.1. The van der Waals surface area contributed by atoms with Crippen LogP contribution in [0, 0.1) is 5.92 Å². The van der Waals surface area contributed by atoms with Gasteiger partial charge in [-0.15, -0.1) is 0 Å². The number of piperidine rings is 1. The van der Waals surface area contributed by atoms with Gasteiger partial charge >= 0.3 is 0 Å². The first-order valence-electron chi connectivity index (χ1n) is 6.17. The van der Waals surface area contributed by atoms with Gasteiger partial charge in [-0.3, -0.25) is 9.48 Å². The molecule has 0 aliphatic carbocycles. The Kier molecular flexibility index (Phi) is 3.47. The van der Waals surface area contributed by atoms with E-state index in [1.54, 1.807) is 6.20 Å². The number of primary amides is 1. The third-order valence-corrected chi connectivity index (χ3v) is 3.33. The van der Waals surface area contributed by atoms with Crippen molar-refractivity contribution in [1.82, 2.24) is 15.1 Å². The molecule has 2 atom stereocenters. The maximum absolute atomic E-state index is 11.5. The van der Waals surface area contributed by atoms with Crippen molar-refractivity contribution in [3.63, 3.8) is 0 Å². The van der Waals surface area contributed by atoms with Crippen LogP contribution < -0.4 is 11.1 Å². The summed E-state index contributed by atoms with van der Waals surface area (Å²) in [5, 5.41) is 7.70. The molecule has 0 spiro atoms. The van der Waals surface area contributed by atoms with Crippen molar-refractivity contribution in [2.75, 3.05) is 6.54 Å². The van der Waals surface area contributed by atoms with Gasteiger partial charge in [0.2, 0.25) is 5.91 Å². The molecule has 1 aliphatic heterocycles. The number of rotatable bonds is 3. The van der Waals surface area contributed by atoms with E-state index in [0.717, 1.165) is 25.1 Å². The molecule has 3 N–H and O–H groups in total. The van der Waals surface area contributed by atoms with Crippen molar-refractivity contribution >= 4 is 5.91 Å². The molecule has 5 nitrogen and oxygen atoms in total. The smallest absolute Gasteiger partial charge is 0.222 e. The molecule has 2 unspecified atom stereocenters. The van der Waals surface area contributed by atoms with Crippen LogP contribution in [0.3, 0.4) is 0 Å². The summed E-state index contributed by atoms with van der Waals surface area (Å²) in [4.78, 5) is 11.5. The van der Waals surface area contributed by atoms with Crippen LogP contribution in [-0.2, 0) is 4.79 Å². The van der Waals surface area contributed by atoms with Crippen LogP contribution in [-0.4, -0.2) is 22.2 Å². The Hall–Kier alpha value is -1.36. The normalized spacial score (nSPS) is 25.1. The molecular weight excluding hydrogens is 216 g/mol. The van der Waals surface area contributed by atoms with E-state index in [0.29, 0.717) is 0 Å². The van der Waals surface area contributed by atoms with Crippen LogP contribution in [0.15, 0.2) is 12.3 Å². The maximum Gasteiger partial charge on any atom is 0.222 e. The lowest BCUT2D eigenvalue weighted by Crippen LogP contribution is -2.42. The van der Waals surface area contributed by atoms with Gasteiger partial charge in [-0.25, -0.2) is 0 Å². The largest absolute Gasteiger partial charge is 0.369 e. The van der Waals surface area contributed by atoms with Gasteiger partial charge < -0.3 is 11.1 Å². The van der Waals surface area contributed by atoms with Gasteiger partial charge in [0.25, 0.3) is 0 Å². The number of aromatic nitrogens is 2. The van der Waals surface area contributed by atoms with E-state index in [-0.39, 0.29) is 23.9 Å². The van der Waals surface area contributed by atoms with Crippen molar-refractivity contribution in [3.05, 3.63) is 18.0 Å². The SMILES string of the molecule is CC(C)n1nccc1C1NCCCC1C(N)=O. The van der Waals surface area contributed by atoms with Gasteiger partial charge in [0.1, 0.15) is 0 Å². The molecular formula is C12H20N4O. The molecule has 1 aromatic heterocycles. The highest BCUT2D eigenvalue weighted by Crippen LogP contribution is 2.29. The average Bonchev–Trinajstić information content (AvgIpc) is 2.77. The Morgan fingerprint density at radius 2 is 2.41 bits per heavy atom. The summed E-state index contributed by atoms with van der Waals surface area (Å²) in [7, 11) is 0. The molecule has 5 heteroatoms. The third-order valence-electron chi connectivity index (χ3n) is 3.33. The Morgan fingerprint density at radius 3 is 3.06 bits per heavy atom. The van der Waals surface area contributed by atoms with E-state index in [1.807, 2.05) is 10.7 Å². The lowest BCUT2D eigenvalue weighted by Gasteiger charge is -2.31. The number of hydrogen-bond acceptors (Lipinski definition) is 3. The summed E-state index contributed by atoms with van der Waals surface area (Å²) in [6, 6.07) is 2.27. The first-order valence-corrected chi connectivity index (χ1v) is 6.17. The lowest BCUT2D eigenvalue weighted by atomic mass is 9.88. The summed E-state index contributed by atoms with van der Waals surface area (Å²) >= 11 is 0. The number of amides is 1. The molecule has 2 heterocycles. The Balaban J connectivity index is 2.29. The molecule has 1 aliphatic rings. The zero-order chi connectivity index (χ0) is 12.4. The lowest BCUT2D eigenvalue weighted by molar-refractivity contribution is -0.123. The second-order valence-electron chi connectivity index (χ2n) is 4.88. The molecule has 0 saturated carbocycles. The summed E-state index contributed by atoms with van der Waals surface area (Å²) in [5.74, 6) is -0.350. The number of nitrogens with two attached hydrogens (primary N) is 1. The molecule has 17 heavy (non-hydrogen) atoms. The minimum Gasteiger partial charge on any atom is -0.369 e. The van der Waals surface area contributed by atoms with E-state index in [2.05, 4.69) is 24.3 Å². The van der Waals surface area contributed by atoms with Crippen molar-refractivity contribution < 1.29 is 4.79 Å². The fourth-order valence-corrected chi connectivity index (χ4v) is 2.51. The fraction of sp³-hybridized carbons (Fsp3) is 0.667. The minimum absolute atomic E-state index is 0.00569. The number of hydrogen-bond donors (Lipinski definition) is 2. The molecule has 1 saturated heterocycles. The maximum atomic E-state index is 11.5. The molecule has 94 valence electrons. The van der Waals surface area contributed by atoms with Crippen molar-refractivity contribution in [1.29, 1.82) is 0 Å². The fourth-order valence-electron chi connectivity index (χ4n) is 2.51. The van der Waals surface area contributed by atoms with Gasteiger partial charge in [0.15, 0.2) is 0 Å². The van der Waals surface area contributed by atoms with Gasteiger partial charge in [-0.1, -0.05) is 0 Å². The van der Waals surface area contributed by atoms with Gasteiger partial charge in [0, 0.05) is 12.2 Å². The predicted molar refractivity (Wildman–Crippen MR) is 65.3 cm³/mol. The standard InChI is InChI=1S/C12H20N4O/c1-8(2)16-10(5-7-15-16)11-9(12(13)17)4-3-6-14-11/h5,7-9,11,14H,3-4,6H2,1-2H3,(H2,13,17). The second kappa shape index (κ2) is 4.87. The Bertz CT molecular complexity index is 399. The quantitative estimate of drug-likeness (QED) is 0.822. The van der Waals surface area contributed by atoms with Crippen LogP contribution in [0.1, 0.15) is 44.5 Å². The van der Waals surface area contributed by atoms with Gasteiger partial charge in [0.05, 0.1) is 17.7 Å². The first kappa shape index (κ1) is 12.1. The van der Waals surface area contributed by atoms with E-state index in [1.165, 1.54) is 0 Å². The summed E-state index contributed by atoms with van der Waals surface area (Å²) in [5.41, 5.74) is 6.54. The van der Waals surface area contributed by atoms with E-state index in [9.17, 15) is 4.79 Å². The molecule has 0 radical (unpaired) electrons. The number of carbonyl (C=O) groups is 1. The monoisotopic (exact) mass is 236 g/mol. The topological polar surface area (TPSA) is 72.9 Å². The Morgan fingerprint density at radius 1 is 1.65 bits per heavy atom. The third kappa shape index (κ3) is 2.34. The summed E-state index contributed by atoms with van der Waals surface area (Å²) < 4.78 is 1.96. The van der Waals surface area contributed by atoms with Gasteiger partial charge in [-0.2, -0.15) is 5.10 Å². The number of carbonyl (C=O) groups excluding carboxylic acids is 1. The molecule has 0 aromatic carbocycles. The Labute approximate surface area is 101 Å². The van der Waals surface area contributed by atoms with Crippen LogP contribution in [0.5, 0.6) is 0 Å². The van der Waals surface area contributed by atoms with E-state index < -0.39 is 0 Å². The highest BCUT2D eigenvalue weighted by molar-refractivity contribution is 5.77. The van der Waals surface area contributed by atoms with Gasteiger partial charge in [-0.05, 0) is 39.3 Å². The first-order chi connectivity index (χ1) is 8.11. The minimum atomic E-state index is -0.223. The number of nitrogens with zero attached hydrogens (tertiary/aromatic N) is 2. The van der Waals surface area contributed by atoms with E-state index >= 15 is 0 Å². The predicted octanol–water partition coefficient (Wildman–Crippen LogP) is 0.990. The van der Waals surface area contributed by atoms with Crippen molar-refractivity contribution in [3.8, 4) is 0 Å². The number of nitrogens with one attached hydrogen (secondary N) is 1. The molecule has 1 aromatic rings. The molecule has 2 rings (SSSR count). The van der Waals surface area contributed by atoms with Crippen molar-refractivity contribution in [2.24, 2.45) is 11.7 Å². The molecule has 1 fully saturated rings. The highest BCUT2D eigenvalue weighted by Gasteiger charge is 2.32. The molecule has 0 bridgehead atoms. The second-order valence-corrected chi connectivity index (χ2v) is 4.88. The van der Waals surface area contributed by atoms with Crippen LogP contribution in [0.4, 0.5) is 0 Å². The zero-order valence-electron chi connectivity index (χ0n) is 10.4. The van der Waals surface area contributed by atoms with Crippen molar-refractivity contribution in [2.45, 2.75) is 38.8 Å². The zero-order valence-corrected chi connectivity index (χ0v) is 10.4. The summed E-state index contributed by atoms with van der Waals surface area (Å²) in [6.07, 6.45) is 3.64. The van der Waals surface area contributed by atoms with Crippen LogP contribution >= 0.6 is 0 Å². The van der Waals surface area contributed by atoms with Crippen LogP contribution in [0.2, 0.25) is 0 Å². The molecule has 1 amide bonds. The summed E-state index contributed by atoms with van der Waals surface area (Å²) in [6.45, 7) is 5.09. The average molecular weight is 236 g/mol. The van der Waals surface area contributed by atoms with E-state index in [4.69, 9.17) is 5.73 Å². The van der Waals surface area contributed by atoms with Crippen LogP contribution in [0.25, 0.3) is 0 Å².